The van der Waals surface area contributed by atoms with Crippen molar-refractivity contribution in [2.45, 2.75) is 18.4 Å². The number of ether oxygens (including phenoxy) is 2. The van der Waals surface area contributed by atoms with Crippen LogP contribution in [0.2, 0.25) is 0 Å². The molecule has 1 heterocycles. The number of carbonyl (C=O) groups is 1. The lowest BCUT2D eigenvalue weighted by Gasteiger charge is -2.32. The monoisotopic (exact) mass is 280 g/mol. The summed E-state index contributed by atoms with van der Waals surface area (Å²) < 4.78 is 10.2. The molecule has 1 amide bonds. The number of hydrogen-bond donors (Lipinski definition) is 3. The number of carbonyl (C=O) groups excluding carboxylic acids is 1. The number of benzene rings is 1. The number of nitrogens with two attached hydrogens (primary N) is 1. The molecule has 1 aromatic rings. The van der Waals surface area contributed by atoms with Crippen LogP contribution in [0.3, 0.4) is 0 Å². The van der Waals surface area contributed by atoms with E-state index in [1.165, 1.54) is 7.11 Å². The van der Waals surface area contributed by atoms with Crippen LogP contribution in [0.5, 0.6) is 5.75 Å². The molecule has 0 atom stereocenters. The zero-order chi connectivity index (χ0) is 14.6. The Balaban J connectivity index is 1.98. The molecule has 0 saturated carbocycles. The van der Waals surface area contributed by atoms with Crippen molar-refractivity contribution in [2.75, 3.05) is 32.6 Å². The van der Waals surface area contributed by atoms with Gasteiger partial charge in [0.1, 0.15) is 5.75 Å². The van der Waals surface area contributed by atoms with E-state index in [-0.39, 0.29) is 12.5 Å². The summed E-state index contributed by atoms with van der Waals surface area (Å²) in [6, 6.07) is 4.88. The van der Waals surface area contributed by atoms with Gasteiger partial charge in [0.25, 0.3) is 5.91 Å². The second kappa shape index (κ2) is 6.11. The van der Waals surface area contributed by atoms with Gasteiger partial charge in [-0.3, -0.25) is 4.79 Å². The van der Waals surface area contributed by atoms with Gasteiger partial charge in [0, 0.05) is 44.4 Å². The highest BCUT2D eigenvalue weighted by molar-refractivity contribution is 5.99. The predicted molar refractivity (Wildman–Crippen MR) is 74.7 cm³/mol. The van der Waals surface area contributed by atoms with Gasteiger partial charge in [-0.2, -0.15) is 0 Å². The number of methoxy groups -OCH3 is 1. The van der Waals surface area contributed by atoms with E-state index < -0.39 is 5.60 Å². The van der Waals surface area contributed by atoms with Crippen LogP contribution < -0.4 is 15.8 Å². The van der Waals surface area contributed by atoms with Crippen LogP contribution in [0.1, 0.15) is 23.2 Å². The molecule has 0 aromatic heterocycles. The summed E-state index contributed by atoms with van der Waals surface area (Å²) in [6.07, 6.45) is 1.04. The quantitative estimate of drug-likeness (QED) is 0.700. The molecular formula is C14H20N2O4. The second-order valence-corrected chi connectivity index (χ2v) is 4.97. The minimum absolute atomic E-state index is 0.195. The first kappa shape index (κ1) is 14.6. The van der Waals surface area contributed by atoms with Crippen molar-refractivity contribution in [2.24, 2.45) is 0 Å². The van der Waals surface area contributed by atoms with Gasteiger partial charge in [0.05, 0.1) is 18.3 Å². The maximum absolute atomic E-state index is 12.1. The van der Waals surface area contributed by atoms with Crippen LogP contribution in [0.25, 0.3) is 0 Å². The first-order valence-corrected chi connectivity index (χ1v) is 6.56. The van der Waals surface area contributed by atoms with E-state index in [2.05, 4.69) is 5.32 Å². The molecule has 1 aliphatic heterocycles. The minimum atomic E-state index is -0.894. The summed E-state index contributed by atoms with van der Waals surface area (Å²) in [7, 11) is 1.54. The topological polar surface area (TPSA) is 93.8 Å². The molecule has 0 bridgehead atoms. The van der Waals surface area contributed by atoms with Crippen LogP contribution in [-0.4, -0.2) is 43.5 Å². The Morgan fingerprint density at radius 2 is 2.20 bits per heavy atom. The number of aliphatic hydroxyl groups is 1. The lowest BCUT2D eigenvalue weighted by Crippen LogP contribution is -2.46. The lowest BCUT2D eigenvalue weighted by molar-refractivity contribution is -0.0605. The van der Waals surface area contributed by atoms with Crippen molar-refractivity contribution in [3.63, 3.8) is 0 Å². The van der Waals surface area contributed by atoms with E-state index in [0.29, 0.717) is 43.1 Å². The highest BCUT2D eigenvalue weighted by Crippen LogP contribution is 2.21. The maximum atomic E-state index is 12.1. The summed E-state index contributed by atoms with van der Waals surface area (Å²) in [5.41, 5.74) is 5.65. The van der Waals surface area contributed by atoms with Crippen LogP contribution in [0.15, 0.2) is 18.2 Å². The summed E-state index contributed by atoms with van der Waals surface area (Å²) >= 11 is 0. The molecule has 20 heavy (non-hydrogen) atoms. The molecule has 1 saturated heterocycles. The fourth-order valence-electron chi connectivity index (χ4n) is 2.14. The first-order chi connectivity index (χ1) is 9.54. The summed E-state index contributed by atoms with van der Waals surface area (Å²) in [6.45, 7) is 1.22. The van der Waals surface area contributed by atoms with E-state index in [4.69, 9.17) is 15.2 Å². The van der Waals surface area contributed by atoms with Gasteiger partial charge in [-0.15, -0.1) is 0 Å². The molecule has 1 aromatic carbocycles. The average molecular weight is 280 g/mol. The van der Waals surface area contributed by atoms with E-state index >= 15 is 0 Å². The summed E-state index contributed by atoms with van der Waals surface area (Å²) in [4.78, 5) is 12.1. The number of rotatable bonds is 4. The molecule has 0 radical (unpaired) electrons. The molecule has 6 nitrogen and oxygen atoms in total. The number of anilines is 1. The third-order valence-electron chi connectivity index (χ3n) is 3.50. The van der Waals surface area contributed by atoms with Crippen LogP contribution in [0.4, 0.5) is 5.69 Å². The van der Waals surface area contributed by atoms with E-state index in [0.717, 1.165) is 0 Å². The Labute approximate surface area is 117 Å². The van der Waals surface area contributed by atoms with Gasteiger partial charge < -0.3 is 25.6 Å². The first-order valence-electron chi connectivity index (χ1n) is 6.56. The number of hydrogen-bond acceptors (Lipinski definition) is 5. The standard InChI is InChI=1S/C14H20N2O4/c1-19-10-2-3-11(12(15)8-10)13(17)16-9-14(18)4-6-20-7-5-14/h2-3,8,18H,4-7,9,15H2,1H3,(H,16,17). The largest absolute Gasteiger partial charge is 0.497 e. The van der Waals surface area contributed by atoms with Crippen molar-refractivity contribution in [3.05, 3.63) is 23.8 Å². The second-order valence-electron chi connectivity index (χ2n) is 4.97. The third kappa shape index (κ3) is 3.40. The molecule has 0 aliphatic carbocycles. The Morgan fingerprint density at radius 3 is 2.80 bits per heavy atom. The molecule has 110 valence electrons. The van der Waals surface area contributed by atoms with Gasteiger partial charge >= 0.3 is 0 Å². The minimum Gasteiger partial charge on any atom is -0.497 e. The van der Waals surface area contributed by atoms with Crippen LogP contribution in [-0.2, 0) is 4.74 Å². The highest BCUT2D eigenvalue weighted by atomic mass is 16.5. The maximum Gasteiger partial charge on any atom is 0.253 e. The van der Waals surface area contributed by atoms with Gasteiger partial charge in [-0.05, 0) is 12.1 Å². The van der Waals surface area contributed by atoms with Crippen molar-refractivity contribution in [3.8, 4) is 5.75 Å². The van der Waals surface area contributed by atoms with E-state index in [9.17, 15) is 9.90 Å². The molecule has 6 heteroatoms. The third-order valence-corrected chi connectivity index (χ3v) is 3.50. The highest BCUT2D eigenvalue weighted by Gasteiger charge is 2.30. The average Bonchev–Trinajstić information content (AvgIpc) is 2.45. The molecule has 1 fully saturated rings. The Hall–Kier alpha value is -1.79. The molecule has 0 spiro atoms. The molecule has 0 unspecified atom stereocenters. The summed E-state index contributed by atoms with van der Waals surface area (Å²) in [5.74, 6) is 0.298. The number of nitrogens with one attached hydrogen (secondary N) is 1. The Kier molecular flexibility index (Phi) is 4.46. The Bertz CT molecular complexity index is 484. The number of nitrogen functional groups attached to an aromatic ring is 1. The zero-order valence-electron chi connectivity index (χ0n) is 11.5. The van der Waals surface area contributed by atoms with Gasteiger partial charge in [-0.1, -0.05) is 0 Å². The normalized spacial score (nSPS) is 17.5. The fraction of sp³-hybridized carbons (Fsp3) is 0.500. The SMILES string of the molecule is COc1ccc(C(=O)NCC2(O)CCOCC2)c(N)c1. The van der Waals surface area contributed by atoms with Crippen molar-refractivity contribution < 1.29 is 19.4 Å². The van der Waals surface area contributed by atoms with Crippen molar-refractivity contribution in [1.29, 1.82) is 0 Å². The smallest absolute Gasteiger partial charge is 0.253 e. The van der Waals surface area contributed by atoms with Gasteiger partial charge in [0.15, 0.2) is 0 Å². The fourth-order valence-corrected chi connectivity index (χ4v) is 2.14. The van der Waals surface area contributed by atoms with Crippen molar-refractivity contribution >= 4 is 11.6 Å². The van der Waals surface area contributed by atoms with Crippen LogP contribution in [0, 0.1) is 0 Å². The van der Waals surface area contributed by atoms with E-state index in [1.54, 1.807) is 18.2 Å². The molecule has 1 aliphatic rings. The summed E-state index contributed by atoms with van der Waals surface area (Å²) in [5, 5.41) is 13.0. The molecule has 4 N–H and O–H groups in total. The molecular weight excluding hydrogens is 260 g/mol. The molecule has 2 rings (SSSR count). The van der Waals surface area contributed by atoms with E-state index in [1.807, 2.05) is 0 Å². The lowest BCUT2D eigenvalue weighted by atomic mass is 9.94. The Morgan fingerprint density at radius 1 is 1.50 bits per heavy atom. The van der Waals surface area contributed by atoms with Crippen LogP contribution >= 0.6 is 0 Å². The predicted octanol–water partition coefficient (Wildman–Crippen LogP) is 0.549. The van der Waals surface area contributed by atoms with Gasteiger partial charge in [0.2, 0.25) is 0 Å². The van der Waals surface area contributed by atoms with Crippen molar-refractivity contribution in [1.82, 2.24) is 5.32 Å². The number of amides is 1. The zero-order valence-corrected chi connectivity index (χ0v) is 11.5. The van der Waals surface area contributed by atoms with Gasteiger partial charge in [-0.25, -0.2) is 0 Å².